The Labute approximate surface area is 319 Å². The van der Waals surface area contributed by atoms with Crippen molar-refractivity contribution >= 4 is 78.7 Å². The number of carbonyl (C=O) groups excluding carboxylic acids is 1. The van der Waals surface area contributed by atoms with E-state index in [0.29, 0.717) is 12.8 Å². The maximum Gasteiger partial charge on any atom is 0.386 e. The Hall–Kier alpha value is -2.89. The number of imidazole rings is 1. The van der Waals surface area contributed by atoms with Crippen molar-refractivity contribution in [3.63, 3.8) is 0 Å². The van der Waals surface area contributed by atoms with E-state index in [1.54, 1.807) is 0 Å². The molecule has 3 aromatic rings. The molecule has 0 saturated carbocycles. The molecule has 6 heterocycles. The molecule has 296 valence electrons. The lowest BCUT2D eigenvalue weighted by atomic mass is 10.1. The van der Waals surface area contributed by atoms with Crippen molar-refractivity contribution in [1.82, 2.24) is 34.7 Å². The highest BCUT2D eigenvalue weighted by atomic mass is 32.7. The second-order valence-corrected chi connectivity index (χ2v) is 18.0. The van der Waals surface area contributed by atoms with E-state index in [1.807, 2.05) is 10.8 Å². The van der Waals surface area contributed by atoms with Gasteiger partial charge in [0.1, 0.15) is 54.6 Å². The number of aliphatic hydroxyl groups excluding tert-OH is 2. The lowest BCUT2D eigenvalue weighted by molar-refractivity contribution is -0.123. The van der Waals surface area contributed by atoms with Crippen LogP contribution >= 0.6 is 25.8 Å². The van der Waals surface area contributed by atoms with Gasteiger partial charge in [0, 0.05) is 32.9 Å². The molecule has 6 rings (SSSR count). The molecule has 0 spiro atoms. The van der Waals surface area contributed by atoms with E-state index in [0.717, 1.165) is 41.8 Å². The molecule has 3 aliphatic rings. The maximum absolute atomic E-state index is 13.8. The van der Waals surface area contributed by atoms with Crippen LogP contribution in [0.15, 0.2) is 28.8 Å². The van der Waals surface area contributed by atoms with Crippen LogP contribution in [0.3, 0.4) is 0 Å². The predicted molar refractivity (Wildman–Crippen MR) is 201 cm³/mol. The van der Waals surface area contributed by atoms with Crippen LogP contribution in [0.2, 0.25) is 0 Å². The molecule has 1 amide bonds. The minimum absolute atomic E-state index is 0.101. The second kappa shape index (κ2) is 17.5. The summed E-state index contributed by atoms with van der Waals surface area (Å²) in [4.78, 5) is 52.3. The summed E-state index contributed by atoms with van der Waals surface area (Å²) < 4.78 is 45.9. The highest BCUT2D eigenvalue weighted by Gasteiger charge is 2.50. The number of hydrogen-bond acceptors (Lipinski definition) is 16. The van der Waals surface area contributed by atoms with Gasteiger partial charge in [0.05, 0.1) is 31.0 Å². The molecule has 0 radical (unpaired) electrons. The number of anilines is 1. The molecule has 0 bridgehead atoms. The summed E-state index contributed by atoms with van der Waals surface area (Å²) in [5, 5.41) is 30.1. The van der Waals surface area contributed by atoms with Crippen LogP contribution in [0.4, 0.5) is 11.6 Å². The first-order valence-corrected chi connectivity index (χ1v) is 22.2. The average molecular weight is 833 g/mol. The molecule has 2 saturated heterocycles. The van der Waals surface area contributed by atoms with Crippen LogP contribution in [0.25, 0.3) is 11.0 Å². The summed E-state index contributed by atoms with van der Waals surface area (Å²) in [5.74, 6) is 0.595. The minimum Gasteiger partial charge on any atom is -0.387 e. The first kappa shape index (κ1) is 40.8. The fourth-order valence-corrected chi connectivity index (χ4v) is 8.50. The summed E-state index contributed by atoms with van der Waals surface area (Å²) in [6, 6.07) is 0. The van der Waals surface area contributed by atoms with Gasteiger partial charge in [-0.3, -0.25) is 23.4 Å². The van der Waals surface area contributed by atoms with E-state index < -0.39 is 63.3 Å². The summed E-state index contributed by atoms with van der Waals surface area (Å²) in [6.07, 6.45) is 1.49. The standard InChI is InChI=1S/C29H42N10O11P2S2/c1-30-26(34-9-8-32-19(41)11-40)22-28(31-2)39(15-37-22)29-24(23(42)18(49-29)13-46-51(43,44)53)50-52(45,54)47-12-17-5-6-20(48-17)38-10-16-4-3-7-33-25-21(16)27(38)36-14-35-25/h10,14-15,17-18,20,23-24,29,40,42H,2-9,11-13H2,1H3,(H,30,34)(H,32,41)(H,45,54)(H,33,35,36)(H2,43,44,53)/t17-,18+,20+,23+,24+,29+,52?/m0/s1. The smallest absolute Gasteiger partial charge is 0.386 e. The van der Waals surface area contributed by atoms with Crippen LogP contribution < -0.4 is 16.0 Å². The van der Waals surface area contributed by atoms with Crippen molar-refractivity contribution in [3.05, 3.63) is 30.1 Å². The van der Waals surface area contributed by atoms with Crippen LogP contribution in [0.5, 0.6) is 0 Å². The maximum atomic E-state index is 13.8. The largest absolute Gasteiger partial charge is 0.387 e. The third-order valence-electron chi connectivity index (χ3n) is 8.92. The highest BCUT2D eigenvalue weighted by Crippen LogP contribution is 2.57. The van der Waals surface area contributed by atoms with Crippen LogP contribution in [-0.2, 0) is 50.6 Å². The normalized spacial score (nSPS) is 25.6. The number of aliphatic hydroxyl groups is 2. The molecule has 1 unspecified atom stereocenters. The fraction of sp³-hybridized carbons (Fsp3) is 0.586. The van der Waals surface area contributed by atoms with Crippen LogP contribution in [0.1, 0.15) is 43.0 Å². The third-order valence-corrected chi connectivity index (χ3v) is 11.3. The first-order valence-electron chi connectivity index (χ1n) is 16.9. The number of amides is 1. The van der Waals surface area contributed by atoms with Gasteiger partial charge in [-0.05, 0) is 49.8 Å². The Bertz CT molecular complexity index is 1960. The summed E-state index contributed by atoms with van der Waals surface area (Å²) in [7, 11) is 1.49. The zero-order valence-electron chi connectivity index (χ0n) is 29.0. The van der Waals surface area contributed by atoms with Gasteiger partial charge in [0.25, 0.3) is 0 Å². The van der Waals surface area contributed by atoms with Gasteiger partial charge in [-0.15, -0.1) is 0 Å². The highest BCUT2D eigenvalue weighted by molar-refractivity contribution is 8.44. The van der Waals surface area contributed by atoms with Crippen molar-refractivity contribution in [2.75, 3.05) is 51.8 Å². The molecule has 0 aromatic carbocycles. The number of aryl methyl sites for hydroxylation is 1. The Morgan fingerprint density at radius 3 is 2.72 bits per heavy atom. The summed E-state index contributed by atoms with van der Waals surface area (Å²) >= 11 is 8.77. The van der Waals surface area contributed by atoms with E-state index in [2.05, 4.69) is 71.7 Å². The number of thiol groups is 1. The number of aliphatic imine (C=N–C) groups is 2. The second-order valence-electron chi connectivity index (χ2n) is 12.5. The lowest BCUT2D eigenvalue weighted by Crippen LogP contribution is -2.36. The van der Waals surface area contributed by atoms with Gasteiger partial charge in [-0.1, -0.05) is 12.2 Å². The number of amidine groups is 1. The number of nitrogens with one attached hydrogen (secondary N) is 3. The monoisotopic (exact) mass is 832 g/mol. The van der Waals surface area contributed by atoms with Crippen molar-refractivity contribution in [2.24, 2.45) is 9.98 Å². The summed E-state index contributed by atoms with van der Waals surface area (Å²) in [5.41, 5.74) is 2.10. The number of ether oxygens (including phenoxy) is 2. The van der Waals surface area contributed by atoms with E-state index in [9.17, 15) is 24.3 Å². The number of nitrogens with zero attached hydrogens (tertiary/aromatic N) is 7. The first-order chi connectivity index (χ1) is 25.8. The number of hydrogen-bond donors (Lipinski definition) is 8. The molecule has 0 aliphatic carbocycles. The molecular weight excluding hydrogens is 790 g/mol. The van der Waals surface area contributed by atoms with E-state index >= 15 is 0 Å². The Morgan fingerprint density at radius 2 is 1.98 bits per heavy atom. The molecule has 7 atom stereocenters. The number of carbonyl (C=O) groups is 1. The molecule has 3 aliphatic heterocycles. The van der Waals surface area contributed by atoms with E-state index in [4.69, 9.17) is 28.2 Å². The van der Waals surface area contributed by atoms with Crippen LogP contribution in [0, 0.1) is 0 Å². The molecule has 7 N–H and O–H groups in total. The predicted octanol–water partition coefficient (Wildman–Crippen LogP) is 0.694. The van der Waals surface area contributed by atoms with E-state index in [1.165, 1.54) is 24.3 Å². The number of aromatic nitrogens is 5. The van der Waals surface area contributed by atoms with Gasteiger partial charge >= 0.3 is 13.5 Å². The van der Waals surface area contributed by atoms with Gasteiger partial charge in [-0.2, -0.15) is 0 Å². The zero-order chi connectivity index (χ0) is 38.6. The average Bonchev–Trinajstić information content (AvgIpc) is 3.90. The lowest BCUT2D eigenvalue weighted by Gasteiger charge is -2.25. The van der Waals surface area contributed by atoms with Crippen molar-refractivity contribution < 1.29 is 52.4 Å². The van der Waals surface area contributed by atoms with Crippen molar-refractivity contribution in [1.29, 1.82) is 0 Å². The van der Waals surface area contributed by atoms with Gasteiger partial charge in [0.15, 0.2) is 17.9 Å². The molecular formula is C29H42N10O11P2S2. The van der Waals surface area contributed by atoms with E-state index in [-0.39, 0.29) is 43.3 Å². The molecule has 21 nitrogen and oxygen atoms in total. The fourth-order valence-electron chi connectivity index (χ4n) is 6.50. The molecule has 2 fully saturated rings. The van der Waals surface area contributed by atoms with Gasteiger partial charge < -0.3 is 54.5 Å². The van der Waals surface area contributed by atoms with Gasteiger partial charge in [-0.25, -0.2) is 24.5 Å². The van der Waals surface area contributed by atoms with Crippen molar-refractivity contribution in [2.45, 2.75) is 62.6 Å². The third kappa shape index (κ3) is 9.38. The SMILES string of the molecule is C=Nc1c(C(=NC)NCCNC(=O)CO)ncn1[C@@H]1O[C@H](COP(O)(O)=S)[C@@H](O)[C@H]1OP(=O)(S)OC[C@@H]1CC[C@H](n2cc3c4c(ncnc42)NCCC3)O1. The Kier molecular flexibility index (Phi) is 13.2. The molecule has 54 heavy (non-hydrogen) atoms. The minimum atomic E-state index is -4.26. The zero-order valence-corrected chi connectivity index (χ0v) is 32.5. The molecule has 3 aromatic heterocycles. The van der Waals surface area contributed by atoms with Gasteiger partial charge in [0.2, 0.25) is 5.91 Å². The van der Waals surface area contributed by atoms with Crippen molar-refractivity contribution in [3.8, 4) is 0 Å². The Balaban J connectivity index is 1.15. The van der Waals surface area contributed by atoms with Crippen LogP contribution in [-0.4, -0.2) is 133 Å². The topological polar surface area (TPSA) is 271 Å². The number of rotatable bonds is 16. The summed E-state index contributed by atoms with van der Waals surface area (Å²) in [6.45, 7) is -4.94. The quantitative estimate of drug-likeness (QED) is 0.0324. The molecule has 25 heteroatoms. The Morgan fingerprint density at radius 1 is 1.19 bits per heavy atom.